The zero-order valence-electron chi connectivity index (χ0n) is 13.5. The molecule has 0 aromatic carbocycles. The minimum absolute atomic E-state index is 0.0533. The number of amides is 1. The van der Waals surface area contributed by atoms with Gasteiger partial charge in [0.2, 0.25) is 0 Å². The van der Waals surface area contributed by atoms with Crippen molar-refractivity contribution in [3.63, 3.8) is 0 Å². The number of aromatic amines is 1. The van der Waals surface area contributed by atoms with E-state index in [0.717, 1.165) is 5.69 Å². The molecule has 4 heterocycles. The predicted octanol–water partition coefficient (Wildman–Crippen LogP) is 1.24. The number of carboxylic acid groups (broad SMARTS) is 1. The Morgan fingerprint density at radius 1 is 1.40 bits per heavy atom. The van der Waals surface area contributed by atoms with Crippen molar-refractivity contribution in [1.29, 1.82) is 0 Å². The van der Waals surface area contributed by atoms with Crippen LogP contribution in [0.15, 0.2) is 21.6 Å². The summed E-state index contributed by atoms with van der Waals surface area (Å²) in [6, 6.07) is 1.52. The zero-order chi connectivity index (χ0) is 17.6. The monoisotopic (exact) mass is 344 g/mol. The molecule has 0 radical (unpaired) electrons. The van der Waals surface area contributed by atoms with Gasteiger partial charge in [-0.2, -0.15) is 10.1 Å². The lowest BCUT2D eigenvalue weighted by Crippen LogP contribution is -2.37. The summed E-state index contributed by atoms with van der Waals surface area (Å²) in [6.07, 6.45) is 1.94. The van der Waals surface area contributed by atoms with E-state index in [1.807, 2.05) is 0 Å². The Kier molecular flexibility index (Phi) is 3.52. The molecule has 10 heteroatoms. The van der Waals surface area contributed by atoms with E-state index in [0.29, 0.717) is 48.9 Å². The number of rotatable bonds is 2. The first-order chi connectivity index (χ1) is 12.0. The van der Waals surface area contributed by atoms with Crippen LogP contribution >= 0.6 is 0 Å². The third-order valence-corrected chi connectivity index (χ3v) is 4.48. The van der Waals surface area contributed by atoms with Crippen molar-refractivity contribution < 1.29 is 14.4 Å². The largest absolute Gasteiger partial charge is 0.465 e. The summed E-state index contributed by atoms with van der Waals surface area (Å²) in [5.74, 6) is 0.840. The van der Waals surface area contributed by atoms with Gasteiger partial charge in [0.1, 0.15) is 11.2 Å². The fraction of sp³-hybridized carbons (Fsp3) is 0.400. The number of carbonyl (C=O) groups is 1. The molecule has 0 aliphatic carbocycles. The average Bonchev–Trinajstić information content (AvgIpc) is 3.20. The first-order valence-electron chi connectivity index (χ1n) is 7.92. The molecule has 0 saturated carbocycles. The first kappa shape index (κ1) is 15.4. The van der Waals surface area contributed by atoms with Gasteiger partial charge >= 0.3 is 6.09 Å². The molecule has 1 aliphatic heterocycles. The molecule has 25 heavy (non-hydrogen) atoms. The lowest BCUT2D eigenvalue weighted by Gasteiger charge is -2.30. The number of H-pyrrole nitrogens is 1. The molecule has 2 N–H and O–H groups in total. The minimum Gasteiger partial charge on any atom is -0.465 e. The van der Waals surface area contributed by atoms with Gasteiger partial charge in [0.25, 0.3) is 11.4 Å². The van der Waals surface area contributed by atoms with Crippen molar-refractivity contribution >= 4 is 11.7 Å². The lowest BCUT2D eigenvalue weighted by atomic mass is 9.93. The fourth-order valence-corrected chi connectivity index (χ4v) is 3.23. The Labute approximate surface area is 141 Å². The van der Waals surface area contributed by atoms with Crippen LogP contribution < -0.4 is 5.56 Å². The van der Waals surface area contributed by atoms with Crippen LogP contribution in [0.2, 0.25) is 0 Å². The van der Waals surface area contributed by atoms with Gasteiger partial charge in [-0.3, -0.25) is 4.79 Å². The number of aryl methyl sites for hydroxylation is 1. The van der Waals surface area contributed by atoms with E-state index in [9.17, 15) is 9.59 Å². The third-order valence-electron chi connectivity index (χ3n) is 4.48. The van der Waals surface area contributed by atoms with Crippen molar-refractivity contribution in [2.75, 3.05) is 13.1 Å². The van der Waals surface area contributed by atoms with Gasteiger partial charge in [0.05, 0.1) is 11.9 Å². The van der Waals surface area contributed by atoms with E-state index in [1.165, 1.54) is 11.0 Å². The maximum absolute atomic E-state index is 12.1. The van der Waals surface area contributed by atoms with E-state index >= 15 is 0 Å². The number of fused-ring (bicyclic) bond motifs is 1. The molecule has 10 nitrogen and oxygen atoms in total. The molecule has 1 amide bonds. The van der Waals surface area contributed by atoms with Gasteiger partial charge in [-0.15, -0.1) is 0 Å². The predicted molar refractivity (Wildman–Crippen MR) is 85.4 cm³/mol. The van der Waals surface area contributed by atoms with Gasteiger partial charge in [0.15, 0.2) is 5.82 Å². The van der Waals surface area contributed by atoms with E-state index in [4.69, 9.17) is 9.63 Å². The lowest BCUT2D eigenvalue weighted by molar-refractivity contribution is 0.131. The van der Waals surface area contributed by atoms with Gasteiger partial charge in [-0.1, -0.05) is 5.16 Å². The number of nitrogens with one attached hydrogen (secondary N) is 1. The Hall–Kier alpha value is -3.17. The Balaban J connectivity index is 1.74. The highest BCUT2D eigenvalue weighted by Crippen LogP contribution is 2.29. The van der Waals surface area contributed by atoms with Crippen molar-refractivity contribution in [3.05, 3.63) is 34.1 Å². The number of nitrogens with zero attached hydrogens (tertiary/aromatic N) is 5. The summed E-state index contributed by atoms with van der Waals surface area (Å²) in [4.78, 5) is 31.5. The molecule has 3 aromatic heterocycles. The van der Waals surface area contributed by atoms with E-state index in [1.54, 1.807) is 17.6 Å². The number of aromatic nitrogens is 5. The maximum atomic E-state index is 12.1. The fourth-order valence-electron chi connectivity index (χ4n) is 3.23. The molecule has 1 aliphatic rings. The van der Waals surface area contributed by atoms with Crippen molar-refractivity contribution in [1.82, 2.24) is 29.6 Å². The highest BCUT2D eigenvalue weighted by molar-refractivity contribution is 5.71. The van der Waals surface area contributed by atoms with Gasteiger partial charge in [0, 0.05) is 25.1 Å². The van der Waals surface area contributed by atoms with Crippen molar-refractivity contribution in [2.24, 2.45) is 0 Å². The van der Waals surface area contributed by atoms with Crippen molar-refractivity contribution in [2.45, 2.75) is 25.7 Å². The summed E-state index contributed by atoms with van der Waals surface area (Å²) < 4.78 is 6.84. The topological polar surface area (TPSA) is 130 Å². The zero-order valence-corrected chi connectivity index (χ0v) is 13.5. The molecule has 1 saturated heterocycles. The summed E-state index contributed by atoms with van der Waals surface area (Å²) in [5.41, 5.74) is 1.56. The molecule has 0 spiro atoms. The van der Waals surface area contributed by atoms with Crippen LogP contribution in [0.1, 0.15) is 30.3 Å². The Bertz CT molecular complexity index is 995. The third kappa shape index (κ3) is 2.65. The summed E-state index contributed by atoms with van der Waals surface area (Å²) in [5, 5.41) is 17.2. The van der Waals surface area contributed by atoms with Crippen LogP contribution in [-0.2, 0) is 0 Å². The first-order valence-corrected chi connectivity index (χ1v) is 7.92. The minimum atomic E-state index is -0.914. The molecule has 130 valence electrons. The molecular formula is C15H16N6O4. The summed E-state index contributed by atoms with van der Waals surface area (Å²) in [6.45, 7) is 2.58. The Morgan fingerprint density at radius 2 is 2.16 bits per heavy atom. The molecule has 1 fully saturated rings. The molecule has 0 bridgehead atoms. The smallest absolute Gasteiger partial charge is 0.407 e. The number of likely N-dealkylation sites (tertiary alicyclic amines) is 1. The highest BCUT2D eigenvalue weighted by atomic mass is 16.5. The van der Waals surface area contributed by atoms with Crippen LogP contribution in [0.4, 0.5) is 4.79 Å². The maximum Gasteiger partial charge on any atom is 0.407 e. The number of hydrogen-bond acceptors (Lipinski definition) is 6. The second-order valence-corrected chi connectivity index (χ2v) is 6.07. The van der Waals surface area contributed by atoms with Crippen LogP contribution in [0, 0.1) is 6.92 Å². The van der Waals surface area contributed by atoms with Crippen LogP contribution in [-0.4, -0.2) is 53.9 Å². The van der Waals surface area contributed by atoms with E-state index < -0.39 is 6.09 Å². The molecule has 3 aromatic rings. The van der Waals surface area contributed by atoms with Gasteiger partial charge < -0.3 is 19.5 Å². The SMILES string of the molecule is Cc1noc(-c2cnn3c(C4CCN(C(=O)O)CC4)cc(=O)[nH]c23)n1. The van der Waals surface area contributed by atoms with Gasteiger partial charge in [-0.25, -0.2) is 9.31 Å². The molecule has 4 rings (SSSR count). The second kappa shape index (κ2) is 5.72. The molecular weight excluding hydrogens is 328 g/mol. The number of piperidine rings is 1. The quantitative estimate of drug-likeness (QED) is 0.715. The second-order valence-electron chi connectivity index (χ2n) is 6.07. The average molecular weight is 344 g/mol. The van der Waals surface area contributed by atoms with Crippen LogP contribution in [0.5, 0.6) is 0 Å². The Morgan fingerprint density at radius 3 is 2.80 bits per heavy atom. The highest BCUT2D eigenvalue weighted by Gasteiger charge is 2.26. The van der Waals surface area contributed by atoms with Crippen molar-refractivity contribution in [3.8, 4) is 11.5 Å². The van der Waals surface area contributed by atoms with E-state index in [-0.39, 0.29) is 11.5 Å². The standard InChI is InChI=1S/C15H16N6O4/c1-8-17-14(25-19-8)10-7-16-21-11(6-12(22)18-13(10)21)9-2-4-20(5-3-9)15(23)24/h6-7,9H,2-5H2,1H3,(H,18,22)(H,23,24). The van der Waals surface area contributed by atoms with Crippen LogP contribution in [0.25, 0.3) is 17.1 Å². The summed E-state index contributed by atoms with van der Waals surface area (Å²) in [7, 11) is 0. The summed E-state index contributed by atoms with van der Waals surface area (Å²) >= 11 is 0. The van der Waals surface area contributed by atoms with Gasteiger partial charge in [-0.05, 0) is 19.8 Å². The number of hydrogen-bond donors (Lipinski definition) is 2. The molecule has 0 atom stereocenters. The van der Waals surface area contributed by atoms with E-state index in [2.05, 4.69) is 20.2 Å². The molecule has 0 unspecified atom stereocenters. The van der Waals surface area contributed by atoms with Crippen LogP contribution in [0.3, 0.4) is 0 Å². The normalized spacial score (nSPS) is 15.8.